The van der Waals surface area contributed by atoms with Crippen LogP contribution in [0.3, 0.4) is 0 Å². The predicted octanol–water partition coefficient (Wildman–Crippen LogP) is 15.1. The Morgan fingerprint density at radius 3 is 2.11 bits per heavy atom. The van der Waals surface area contributed by atoms with Gasteiger partial charge in [-0.15, -0.1) is 11.3 Å². The quantitative estimate of drug-likeness (QED) is 0.180. The van der Waals surface area contributed by atoms with Gasteiger partial charge in [0.15, 0.2) is 7.28 Å². The number of nitrogens with zero attached hydrogens (tertiary/aromatic N) is 1. The lowest BCUT2D eigenvalue weighted by Gasteiger charge is -2.27. The molecule has 0 unspecified atom stereocenters. The first-order valence-electron chi connectivity index (χ1n) is 22.8. The molecule has 0 fully saturated rings. The van der Waals surface area contributed by atoms with Gasteiger partial charge in [-0.25, -0.2) is 0 Å². The molecule has 0 saturated heterocycles. The van der Waals surface area contributed by atoms with E-state index >= 15 is 0 Å². The molecular formula is C59H49BN2OS. The van der Waals surface area contributed by atoms with Crippen LogP contribution in [0.2, 0.25) is 0 Å². The summed E-state index contributed by atoms with van der Waals surface area (Å²) < 4.78 is 11.9. The SMILES string of the molecule is CC(C)(C)c1ccc(Nc2cc3c(cc2-c2c4c5c(c6cc(C(C)(C)C)ccc6n5-c5cc6oc7ccccc7c6cc5B4)c4sc5ccccc5c24)-c2ccccc2C3(C)C)cc1. The number of benzene rings is 8. The number of fused-ring (bicyclic) bond motifs is 15. The zero-order valence-electron chi connectivity index (χ0n) is 37.7. The maximum Gasteiger partial charge on any atom is 0.198 e. The Kier molecular flexibility index (Phi) is 7.59. The van der Waals surface area contributed by atoms with Crippen molar-refractivity contribution in [3.63, 3.8) is 0 Å². The largest absolute Gasteiger partial charge is 0.456 e. The number of furan rings is 1. The molecular weight excluding hydrogens is 796 g/mol. The van der Waals surface area contributed by atoms with Crippen LogP contribution in [0.1, 0.15) is 77.6 Å². The van der Waals surface area contributed by atoms with Gasteiger partial charge in [-0.2, -0.15) is 0 Å². The van der Waals surface area contributed by atoms with Crippen molar-refractivity contribution in [2.45, 2.75) is 71.6 Å². The molecule has 11 aromatic rings. The van der Waals surface area contributed by atoms with Crippen molar-refractivity contribution in [3.05, 3.63) is 162 Å². The molecule has 5 heteroatoms. The predicted molar refractivity (Wildman–Crippen MR) is 277 cm³/mol. The number of thiophene rings is 1. The minimum atomic E-state index is -0.158. The second-order valence-corrected chi connectivity index (χ2v) is 22.1. The van der Waals surface area contributed by atoms with Gasteiger partial charge in [0.2, 0.25) is 0 Å². The van der Waals surface area contributed by atoms with Gasteiger partial charge in [0.25, 0.3) is 0 Å². The second-order valence-electron chi connectivity index (χ2n) is 21.0. The molecule has 3 aromatic heterocycles. The molecule has 3 nitrogen and oxygen atoms in total. The van der Waals surface area contributed by atoms with Crippen LogP contribution in [0.25, 0.3) is 91.9 Å². The normalized spacial score (nSPS) is 14.2. The molecule has 310 valence electrons. The summed E-state index contributed by atoms with van der Waals surface area (Å²) in [6.45, 7) is 18.6. The summed E-state index contributed by atoms with van der Waals surface area (Å²) in [6, 6.07) is 52.8. The Bertz CT molecular complexity index is 3830. The fraction of sp³-hybridized carbons (Fsp3) is 0.186. The van der Waals surface area contributed by atoms with Crippen molar-refractivity contribution in [1.29, 1.82) is 0 Å². The molecule has 0 atom stereocenters. The van der Waals surface area contributed by atoms with Crippen LogP contribution in [-0.2, 0) is 16.2 Å². The van der Waals surface area contributed by atoms with Crippen molar-refractivity contribution in [2.24, 2.45) is 0 Å². The van der Waals surface area contributed by atoms with E-state index in [0.29, 0.717) is 0 Å². The summed E-state index contributed by atoms with van der Waals surface area (Å²) >= 11 is 1.95. The number of hydrogen-bond donors (Lipinski definition) is 1. The topological polar surface area (TPSA) is 30.1 Å². The van der Waals surface area contributed by atoms with Gasteiger partial charge in [-0.1, -0.05) is 146 Å². The van der Waals surface area contributed by atoms with Crippen LogP contribution >= 0.6 is 11.3 Å². The molecule has 8 aromatic carbocycles. The van der Waals surface area contributed by atoms with Gasteiger partial charge < -0.3 is 14.3 Å². The fourth-order valence-corrected chi connectivity index (χ4v) is 12.6. The third-order valence-corrected chi connectivity index (χ3v) is 15.9. The van der Waals surface area contributed by atoms with Crippen molar-refractivity contribution in [2.75, 3.05) is 5.32 Å². The Labute approximate surface area is 378 Å². The Morgan fingerprint density at radius 2 is 1.31 bits per heavy atom. The lowest BCUT2D eigenvalue weighted by molar-refractivity contribution is 0.590. The lowest BCUT2D eigenvalue weighted by atomic mass is 9.58. The minimum Gasteiger partial charge on any atom is -0.456 e. The molecule has 1 N–H and O–H groups in total. The van der Waals surface area contributed by atoms with Gasteiger partial charge in [0.1, 0.15) is 11.2 Å². The van der Waals surface area contributed by atoms with Gasteiger partial charge in [0, 0.05) is 75.8 Å². The van der Waals surface area contributed by atoms with Crippen LogP contribution in [0.4, 0.5) is 11.4 Å². The van der Waals surface area contributed by atoms with Crippen LogP contribution in [0.15, 0.2) is 144 Å². The summed E-state index contributed by atoms with van der Waals surface area (Å²) in [6.07, 6.45) is 0. The van der Waals surface area contributed by atoms with Crippen LogP contribution in [-0.4, -0.2) is 11.8 Å². The molecule has 4 heterocycles. The molecule has 0 saturated carbocycles. The molecule has 0 spiro atoms. The van der Waals surface area contributed by atoms with Crippen molar-refractivity contribution in [3.8, 4) is 27.9 Å². The van der Waals surface area contributed by atoms with E-state index in [1.807, 2.05) is 11.3 Å². The minimum absolute atomic E-state index is 0.0106. The van der Waals surface area contributed by atoms with Crippen molar-refractivity contribution < 1.29 is 4.42 Å². The van der Waals surface area contributed by atoms with Gasteiger partial charge >= 0.3 is 0 Å². The highest BCUT2D eigenvalue weighted by Crippen LogP contribution is 2.54. The van der Waals surface area contributed by atoms with E-state index in [9.17, 15) is 0 Å². The third kappa shape index (κ3) is 5.22. The Hall–Kier alpha value is -6.56. The van der Waals surface area contributed by atoms with E-state index in [-0.39, 0.29) is 16.2 Å². The second kappa shape index (κ2) is 12.8. The first kappa shape index (κ1) is 38.0. The third-order valence-electron chi connectivity index (χ3n) is 14.7. The average Bonchev–Trinajstić information content (AvgIpc) is 4.00. The molecule has 1 aliphatic carbocycles. The van der Waals surface area contributed by atoms with E-state index in [1.165, 1.54) is 108 Å². The number of nitrogens with one attached hydrogen (secondary N) is 1. The van der Waals surface area contributed by atoms with E-state index in [0.717, 1.165) is 35.2 Å². The smallest absolute Gasteiger partial charge is 0.198 e. The van der Waals surface area contributed by atoms with Gasteiger partial charge in [-0.05, 0) is 104 Å². The van der Waals surface area contributed by atoms with Crippen LogP contribution in [0.5, 0.6) is 0 Å². The highest BCUT2D eigenvalue weighted by atomic mass is 32.1. The highest BCUT2D eigenvalue weighted by Gasteiger charge is 2.38. The maximum atomic E-state index is 6.62. The molecule has 0 radical (unpaired) electrons. The van der Waals surface area contributed by atoms with Crippen molar-refractivity contribution in [1.82, 2.24) is 4.57 Å². The standard InChI is InChI=1S/C59H49BN2OS/c1-57(2,3)32-21-24-34(25-22-32)61-45-30-43-38(35-15-9-12-18-42(35)59(43,7)8)28-40(45)51-52-37-17-11-14-20-50(37)64-56(52)53-41-27-33(58(4,5)6)23-26-46(41)62-47-31-49-39(29-44(47)60-54(51)55(53)62)36-16-10-13-19-48(36)63-49/h9-31,60-61H,1-8H3. The molecule has 0 amide bonds. The highest BCUT2D eigenvalue weighted by molar-refractivity contribution is 7.27. The van der Waals surface area contributed by atoms with Crippen LogP contribution < -0.4 is 16.2 Å². The van der Waals surface area contributed by atoms with Crippen molar-refractivity contribution >= 4 is 105 Å². The fourth-order valence-electron chi connectivity index (χ4n) is 11.3. The number of rotatable bonds is 3. The molecule has 1 aliphatic heterocycles. The summed E-state index contributed by atoms with van der Waals surface area (Å²) in [5.41, 5.74) is 21.0. The first-order chi connectivity index (χ1) is 30.7. The number of hydrogen-bond acceptors (Lipinski definition) is 3. The number of anilines is 2. The van der Waals surface area contributed by atoms with Gasteiger partial charge in [-0.3, -0.25) is 0 Å². The Morgan fingerprint density at radius 1 is 0.594 bits per heavy atom. The van der Waals surface area contributed by atoms with Crippen LogP contribution in [0, 0.1) is 0 Å². The van der Waals surface area contributed by atoms with E-state index in [4.69, 9.17) is 4.42 Å². The summed E-state index contributed by atoms with van der Waals surface area (Å²) in [5, 5.41) is 11.7. The maximum absolute atomic E-state index is 6.62. The van der Waals surface area contributed by atoms with E-state index in [2.05, 4.69) is 205 Å². The zero-order chi connectivity index (χ0) is 43.6. The van der Waals surface area contributed by atoms with E-state index < -0.39 is 0 Å². The monoisotopic (exact) mass is 844 g/mol. The zero-order valence-corrected chi connectivity index (χ0v) is 38.6. The molecule has 2 aliphatic rings. The number of para-hydroxylation sites is 1. The first-order valence-corrected chi connectivity index (χ1v) is 23.6. The Balaban J connectivity index is 1.20. The molecule has 13 rings (SSSR count). The molecule has 0 bridgehead atoms. The number of aromatic nitrogens is 1. The lowest BCUT2D eigenvalue weighted by Crippen LogP contribution is -2.37. The summed E-state index contributed by atoms with van der Waals surface area (Å²) in [4.78, 5) is 0. The molecule has 64 heavy (non-hydrogen) atoms. The summed E-state index contributed by atoms with van der Waals surface area (Å²) in [5.74, 6) is 0. The van der Waals surface area contributed by atoms with E-state index in [1.54, 1.807) is 0 Å². The van der Waals surface area contributed by atoms with Gasteiger partial charge in [0.05, 0.1) is 11.0 Å². The summed E-state index contributed by atoms with van der Waals surface area (Å²) in [7, 11) is 0.790. The average molecular weight is 845 g/mol.